The van der Waals surface area contributed by atoms with Crippen molar-refractivity contribution in [2.45, 2.75) is 209 Å². The quantitative estimate of drug-likeness (QED) is 0.109. The summed E-state index contributed by atoms with van der Waals surface area (Å²) in [6.07, 6.45) is 0. The van der Waals surface area contributed by atoms with Crippen LogP contribution in [0.5, 0.6) is 0 Å². The van der Waals surface area contributed by atoms with E-state index in [1.807, 2.05) is 0 Å². The Morgan fingerprint density at radius 3 is 0.532 bits per heavy atom. The fourth-order valence-corrected chi connectivity index (χ4v) is 23.6. The molecule has 0 bridgehead atoms. The van der Waals surface area contributed by atoms with E-state index < -0.39 is 0 Å². The van der Waals surface area contributed by atoms with Gasteiger partial charge < -0.3 is 28.1 Å². The zero-order chi connectivity index (χ0) is 98.6. The summed E-state index contributed by atoms with van der Waals surface area (Å²) in [7, 11) is 0. The number of rotatable bonds is 14. The van der Waals surface area contributed by atoms with Gasteiger partial charge >= 0.3 is 0 Å². The number of fused-ring (bicyclic) bond motifs is 13. The topological polar surface area (TPSA) is 52.0 Å². The van der Waals surface area contributed by atoms with Gasteiger partial charge in [-0.05, 0) is 342 Å². The van der Waals surface area contributed by atoms with Crippen molar-refractivity contribution >= 4 is 167 Å². The molecule has 22 aromatic rings. The molecule has 0 radical (unpaired) electrons. The van der Waals surface area contributed by atoms with Crippen LogP contribution in [0, 0.1) is 0 Å². The predicted octanol–water partition coefficient (Wildman–Crippen LogP) is 38.2. The first-order valence-corrected chi connectivity index (χ1v) is 52.3. The molecule has 0 amide bonds. The van der Waals surface area contributed by atoms with Crippen LogP contribution in [0.1, 0.15) is 211 Å². The van der Waals surface area contributed by atoms with Gasteiger partial charge in [-0.25, -0.2) is 0 Å². The number of hydrogen-bond donors (Lipinski definition) is 0. The summed E-state index contributed by atoms with van der Waals surface area (Å²) in [6, 6.07) is 126. The van der Waals surface area contributed by atoms with Gasteiger partial charge in [0.15, 0.2) is 0 Å². The maximum absolute atomic E-state index is 5.08. The first-order chi connectivity index (χ1) is 66.9. The van der Waals surface area contributed by atoms with Crippen molar-refractivity contribution in [3.8, 4) is 64.5 Å². The van der Waals surface area contributed by atoms with E-state index in [4.69, 9.17) is 8.75 Å². The Morgan fingerprint density at radius 2 is 0.355 bits per heavy atom. The van der Waals surface area contributed by atoms with E-state index in [2.05, 4.69) is 522 Å². The first kappa shape index (κ1) is 92.4. The van der Waals surface area contributed by atoms with Crippen molar-refractivity contribution in [3.05, 3.63) is 372 Å². The molecule has 15 aromatic carbocycles. The Kier molecular flexibility index (Phi) is 21.9. The van der Waals surface area contributed by atoms with Gasteiger partial charge in [-0.2, -0.15) is 8.75 Å². The second-order valence-electron chi connectivity index (χ2n) is 47.5. The molecule has 0 aliphatic rings. The van der Waals surface area contributed by atoms with Crippen LogP contribution in [0.2, 0.25) is 0 Å². The lowest BCUT2D eigenvalue weighted by atomic mass is 9.85. The van der Waals surface area contributed by atoms with Crippen LogP contribution < -0.4 is 9.80 Å². The van der Waals surface area contributed by atoms with Crippen LogP contribution in [0.3, 0.4) is 0 Å². The van der Waals surface area contributed by atoms with Crippen molar-refractivity contribution in [1.29, 1.82) is 0 Å². The molecule has 0 atom stereocenters. The molecular formula is C130H126N8S3. The summed E-state index contributed by atoms with van der Waals surface area (Å²) in [4.78, 5) is 9.47. The van der Waals surface area contributed by atoms with Gasteiger partial charge in [0.1, 0.15) is 11.0 Å². The molecule has 704 valence electrons. The molecule has 22 rings (SSSR count). The zero-order valence-corrected chi connectivity index (χ0v) is 88.4. The van der Waals surface area contributed by atoms with E-state index in [-0.39, 0.29) is 43.3 Å². The lowest BCUT2D eigenvalue weighted by Gasteiger charge is -2.26. The Morgan fingerprint density at radius 1 is 0.184 bits per heavy atom. The number of thiophene rings is 2. The molecule has 0 unspecified atom stereocenters. The molecule has 0 saturated carbocycles. The normalized spacial score (nSPS) is 13.0. The van der Waals surface area contributed by atoms with E-state index in [0.29, 0.717) is 0 Å². The molecule has 0 spiro atoms. The van der Waals surface area contributed by atoms with E-state index in [1.165, 1.54) is 153 Å². The van der Waals surface area contributed by atoms with Crippen molar-refractivity contribution < 1.29 is 0 Å². The Bertz CT molecular complexity index is 7500. The van der Waals surface area contributed by atoms with Gasteiger partial charge in [0, 0.05) is 131 Å². The van der Waals surface area contributed by atoms with Crippen LogP contribution in [-0.4, -0.2) is 27.0 Å². The van der Waals surface area contributed by atoms with Gasteiger partial charge in [0.25, 0.3) is 0 Å². The summed E-state index contributed by atoms with van der Waals surface area (Å²) in [5.41, 5.74) is 37.3. The molecule has 0 aliphatic heterocycles. The Hall–Kier alpha value is -13.7. The molecular weight excluding hydrogens is 1770 g/mol. The van der Waals surface area contributed by atoms with Crippen LogP contribution in [0.4, 0.5) is 34.1 Å². The highest BCUT2D eigenvalue weighted by molar-refractivity contribution is 7.19. The molecule has 7 aromatic heterocycles. The number of hydrogen-bond acceptors (Lipinski definition) is 7. The highest BCUT2D eigenvalue weighted by Crippen LogP contribution is 2.50. The summed E-state index contributed by atoms with van der Waals surface area (Å²) < 4.78 is 20.0. The molecule has 0 saturated heterocycles. The number of anilines is 6. The van der Waals surface area contributed by atoms with Gasteiger partial charge in [-0.3, -0.25) is 0 Å². The standard InChI is InChI=1S/C130H126N8S3/c1-123(2,3)81-29-59-109-101(71-81)102-72-82(124(4,5)6)30-60-110(102)135(109)95-49-41-91(42-50-95)133(92-43-51-96(52-44-92)136-111-61-31-83(125(7,8)9)73-103(111)104-74-84(126(10,11)12)32-62-112(104)136)89-37-25-79(26-38-89)117-67-69-119(139-117)99-57-58-100(122-121(99)131-141-132-122)120-70-68-118(140-120)80-27-39-90(40-28-80)134(93-45-53-97(54-46-93)137-113-63-33-85(127(13,14)15)75-105(113)106-76-86(128(16,17)18)34-64-114(106)137)94-47-55-98(56-48-94)138-115-65-35-87(129(19,20)21)77-107(115)108-78-88(130(22,23)24)36-66-116(108)138/h25-78H,1-24H3. The maximum Gasteiger partial charge on any atom is 0.114 e. The maximum atomic E-state index is 5.08. The lowest BCUT2D eigenvalue weighted by Crippen LogP contribution is -2.11. The highest BCUT2D eigenvalue weighted by atomic mass is 32.1. The van der Waals surface area contributed by atoms with Gasteiger partial charge in [-0.1, -0.05) is 251 Å². The SMILES string of the molecule is CC(C)(C)c1ccc2c(c1)c1cc(C(C)(C)C)ccc1n2-c1ccc(N(c2ccc(-c3ccc(-c4ccc(-c5ccc(-c6ccc(N(c7ccc(-n8c9ccc(C(C)(C)C)cc9c9cc(C(C)(C)C)ccc98)cc7)c7ccc(-n8c9ccc(C(C)(C)C)cc9c9cc(C(C)(C)C)ccc98)cc7)cc6)s5)c5nsnc45)s3)cc2)c2ccc(-n3c4ccc(C(C)(C)C)cc4c4cc(C(C)(C)C)ccc43)cc2)cc1. The first-order valence-electron chi connectivity index (χ1n) is 50.0. The number of nitrogens with zero attached hydrogens (tertiary/aromatic N) is 8. The van der Waals surface area contributed by atoms with Crippen LogP contribution >= 0.6 is 34.4 Å². The molecule has 7 heterocycles. The Labute approximate surface area is 843 Å². The molecule has 8 nitrogen and oxygen atoms in total. The minimum atomic E-state index is -0.00310. The largest absolute Gasteiger partial charge is 0.311 e. The van der Waals surface area contributed by atoms with Crippen LogP contribution in [0.15, 0.2) is 328 Å². The predicted molar refractivity (Wildman–Crippen MR) is 611 cm³/mol. The van der Waals surface area contributed by atoms with Crippen molar-refractivity contribution in [2.75, 3.05) is 9.80 Å². The second kappa shape index (κ2) is 33.5. The van der Waals surface area contributed by atoms with Crippen LogP contribution in [0.25, 0.3) is 163 Å². The fraction of sp³-hybridized carbons (Fsp3) is 0.246. The molecule has 141 heavy (non-hydrogen) atoms. The second-order valence-corrected chi connectivity index (χ2v) is 50.2. The van der Waals surface area contributed by atoms with Gasteiger partial charge in [-0.15, -0.1) is 22.7 Å². The number of aromatic nitrogens is 6. The monoisotopic (exact) mass is 1890 g/mol. The third-order valence-corrected chi connectivity index (χ3v) is 32.3. The summed E-state index contributed by atoms with van der Waals surface area (Å²) >= 11 is 4.88. The summed E-state index contributed by atoms with van der Waals surface area (Å²) in [6.45, 7) is 55.5. The minimum Gasteiger partial charge on any atom is -0.311 e. The van der Waals surface area contributed by atoms with Gasteiger partial charge in [0.05, 0.1) is 55.9 Å². The van der Waals surface area contributed by atoms with Crippen LogP contribution in [-0.2, 0) is 43.3 Å². The average molecular weight is 1900 g/mol. The highest BCUT2D eigenvalue weighted by Gasteiger charge is 2.31. The number of benzene rings is 15. The third-order valence-electron chi connectivity index (χ3n) is 29.4. The molecule has 0 fully saturated rings. The fourth-order valence-electron chi connectivity index (χ4n) is 20.9. The van der Waals surface area contributed by atoms with E-state index in [1.54, 1.807) is 22.7 Å². The molecule has 0 aliphatic carbocycles. The smallest absolute Gasteiger partial charge is 0.114 e. The zero-order valence-electron chi connectivity index (χ0n) is 86.0. The average Bonchev–Trinajstić information content (AvgIpc) is 1.58. The molecule has 11 heteroatoms. The third kappa shape index (κ3) is 16.6. The van der Waals surface area contributed by atoms with E-state index in [9.17, 15) is 0 Å². The van der Waals surface area contributed by atoms with Crippen molar-refractivity contribution in [2.24, 2.45) is 0 Å². The summed E-state index contributed by atoms with van der Waals surface area (Å²) in [5.74, 6) is 0. The van der Waals surface area contributed by atoms with Crippen molar-refractivity contribution in [3.63, 3.8) is 0 Å². The summed E-state index contributed by atoms with van der Waals surface area (Å²) in [5, 5.41) is 10.2. The Balaban J connectivity index is 0.579. The van der Waals surface area contributed by atoms with Crippen molar-refractivity contribution in [1.82, 2.24) is 27.0 Å². The van der Waals surface area contributed by atoms with Gasteiger partial charge in [0.2, 0.25) is 0 Å². The van der Waals surface area contributed by atoms with E-state index in [0.717, 1.165) is 99.9 Å². The molecule has 0 N–H and O–H groups in total. The lowest BCUT2D eigenvalue weighted by molar-refractivity contribution is 0.590. The minimum absolute atomic E-state index is 0.00310. The van der Waals surface area contributed by atoms with E-state index >= 15 is 0 Å².